The van der Waals surface area contributed by atoms with Gasteiger partial charge in [-0.05, 0) is 37.3 Å². The zero-order chi connectivity index (χ0) is 17.8. The molecule has 0 aliphatic carbocycles. The van der Waals surface area contributed by atoms with Gasteiger partial charge in [-0.3, -0.25) is 4.79 Å². The largest absolute Gasteiger partial charge is 0.325 e. The van der Waals surface area contributed by atoms with E-state index in [9.17, 15) is 4.79 Å². The van der Waals surface area contributed by atoms with Crippen molar-refractivity contribution >= 4 is 46.0 Å². The molecular formula is C19H18ClN3OS. The van der Waals surface area contributed by atoms with Gasteiger partial charge in [-0.1, -0.05) is 47.6 Å². The van der Waals surface area contributed by atoms with Gasteiger partial charge in [0.25, 0.3) is 0 Å². The summed E-state index contributed by atoms with van der Waals surface area (Å²) in [5.74, 6) is -0.0931. The van der Waals surface area contributed by atoms with E-state index >= 15 is 0 Å². The summed E-state index contributed by atoms with van der Waals surface area (Å²) >= 11 is 7.39. The molecule has 0 radical (unpaired) electrons. The molecule has 1 aromatic heterocycles. The van der Waals surface area contributed by atoms with Crippen LogP contribution < -0.4 is 5.32 Å². The zero-order valence-electron chi connectivity index (χ0n) is 13.8. The monoisotopic (exact) mass is 371 g/mol. The van der Waals surface area contributed by atoms with Crippen LogP contribution in [0.1, 0.15) is 6.92 Å². The number of nitrogens with one attached hydrogen (secondary N) is 1. The predicted molar refractivity (Wildman–Crippen MR) is 105 cm³/mol. The van der Waals surface area contributed by atoms with Crippen LogP contribution >= 0.6 is 23.4 Å². The van der Waals surface area contributed by atoms with Crippen molar-refractivity contribution in [1.82, 2.24) is 9.55 Å². The third-order valence-electron chi connectivity index (χ3n) is 3.67. The second-order valence-electron chi connectivity index (χ2n) is 5.54. The van der Waals surface area contributed by atoms with E-state index in [0.717, 1.165) is 16.2 Å². The normalized spacial score (nSPS) is 12.1. The highest BCUT2D eigenvalue weighted by atomic mass is 35.5. The van der Waals surface area contributed by atoms with Crippen molar-refractivity contribution < 1.29 is 4.79 Å². The number of halogens is 1. The number of benzene rings is 2. The molecule has 0 aliphatic rings. The highest BCUT2D eigenvalue weighted by Crippen LogP contribution is 2.28. The molecule has 0 fully saturated rings. The predicted octanol–water partition coefficient (Wildman–Crippen LogP) is 5.00. The number of imidazole rings is 1. The molecule has 1 heterocycles. The van der Waals surface area contributed by atoms with E-state index in [1.807, 2.05) is 43.3 Å². The maximum absolute atomic E-state index is 12.5. The molecule has 0 spiro atoms. The van der Waals surface area contributed by atoms with Crippen LogP contribution in [0.4, 0.5) is 5.69 Å². The van der Waals surface area contributed by atoms with Crippen molar-refractivity contribution in [2.24, 2.45) is 0 Å². The SMILES string of the molecule is C=CCn1c(S[C@H](C)C(=O)Nc2cccc(Cl)c2)nc2ccccc21. The Kier molecular flexibility index (Phi) is 5.46. The number of hydrogen-bond acceptors (Lipinski definition) is 3. The minimum atomic E-state index is -0.306. The first-order valence-electron chi connectivity index (χ1n) is 7.87. The van der Waals surface area contributed by atoms with E-state index < -0.39 is 0 Å². The lowest BCUT2D eigenvalue weighted by Gasteiger charge is -2.13. The van der Waals surface area contributed by atoms with E-state index in [-0.39, 0.29) is 11.2 Å². The van der Waals surface area contributed by atoms with E-state index in [4.69, 9.17) is 11.6 Å². The van der Waals surface area contributed by atoms with Crippen molar-refractivity contribution in [3.8, 4) is 0 Å². The molecule has 0 aliphatic heterocycles. The van der Waals surface area contributed by atoms with Crippen LogP contribution in [0.15, 0.2) is 66.3 Å². The summed E-state index contributed by atoms with van der Waals surface area (Å²) in [4.78, 5) is 17.1. The number of fused-ring (bicyclic) bond motifs is 1. The lowest BCUT2D eigenvalue weighted by atomic mass is 10.3. The average Bonchev–Trinajstić information content (AvgIpc) is 2.93. The standard InChI is InChI=1S/C19H18ClN3OS/c1-3-11-23-17-10-5-4-9-16(17)22-19(23)25-13(2)18(24)21-15-8-6-7-14(20)12-15/h3-10,12-13H,1,11H2,2H3,(H,21,24)/t13-/m1/s1. The minimum Gasteiger partial charge on any atom is -0.325 e. The Hall–Kier alpha value is -2.24. The number of carbonyl (C=O) groups is 1. The molecule has 0 bridgehead atoms. The summed E-state index contributed by atoms with van der Waals surface area (Å²) in [5.41, 5.74) is 2.63. The fraction of sp³-hybridized carbons (Fsp3) is 0.158. The van der Waals surface area contributed by atoms with Gasteiger partial charge in [0.15, 0.2) is 5.16 Å². The molecular weight excluding hydrogens is 354 g/mol. The van der Waals surface area contributed by atoms with Gasteiger partial charge in [-0.25, -0.2) is 4.98 Å². The first-order valence-corrected chi connectivity index (χ1v) is 9.13. The Bertz CT molecular complexity index is 922. The van der Waals surface area contributed by atoms with Crippen LogP contribution in [0.3, 0.4) is 0 Å². The van der Waals surface area contributed by atoms with E-state index in [0.29, 0.717) is 17.3 Å². The van der Waals surface area contributed by atoms with E-state index in [1.165, 1.54) is 11.8 Å². The first kappa shape index (κ1) is 17.6. The molecule has 0 unspecified atom stereocenters. The Labute approximate surface area is 155 Å². The summed E-state index contributed by atoms with van der Waals surface area (Å²) in [6.07, 6.45) is 1.83. The van der Waals surface area contributed by atoms with Crippen LogP contribution in [0, 0.1) is 0 Å². The zero-order valence-corrected chi connectivity index (χ0v) is 15.3. The Morgan fingerprint density at radius 2 is 2.16 bits per heavy atom. The number of para-hydroxylation sites is 2. The Morgan fingerprint density at radius 1 is 1.36 bits per heavy atom. The van der Waals surface area contributed by atoms with Crippen molar-refractivity contribution in [2.45, 2.75) is 23.9 Å². The van der Waals surface area contributed by atoms with Gasteiger partial charge < -0.3 is 9.88 Å². The van der Waals surface area contributed by atoms with Crippen molar-refractivity contribution in [3.63, 3.8) is 0 Å². The van der Waals surface area contributed by atoms with Gasteiger partial charge in [0, 0.05) is 17.3 Å². The number of rotatable bonds is 6. The first-order chi connectivity index (χ1) is 12.1. The molecule has 2 aromatic carbocycles. The number of aromatic nitrogens is 2. The molecule has 1 atom stereocenters. The van der Waals surface area contributed by atoms with Crippen LogP contribution in [0.5, 0.6) is 0 Å². The number of anilines is 1. The van der Waals surface area contributed by atoms with E-state index in [1.54, 1.807) is 18.2 Å². The lowest BCUT2D eigenvalue weighted by Crippen LogP contribution is -2.22. The van der Waals surface area contributed by atoms with Crippen LogP contribution in [-0.2, 0) is 11.3 Å². The summed E-state index contributed by atoms with van der Waals surface area (Å²) in [6.45, 7) is 6.32. The number of carbonyl (C=O) groups excluding carboxylic acids is 1. The summed E-state index contributed by atoms with van der Waals surface area (Å²) in [6, 6.07) is 15.0. The summed E-state index contributed by atoms with van der Waals surface area (Å²) < 4.78 is 2.07. The highest BCUT2D eigenvalue weighted by Gasteiger charge is 2.19. The number of hydrogen-bond donors (Lipinski definition) is 1. The second kappa shape index (κ2) is 7.76. The maximum atomic E-state index is 12.5. The summed E-state index contributed by atoms with van der Waals surface area (Å²) in [7, 11) is 0. The van der Waals surface area contributed by atoms with Crippen LogP contribution in [0.25, 0.3) is 11.0 Å². The maximum Gasteiger partial charge on any atom is 0.237 e. The average molecular weight is 372 g/mol. The van der Waals surface area contributed by atoms with Gasteiger partial charge in [0.1, 0.15) is 0 Å². The van der Waals surface area contributed by atoms with Gasteiger partial charge in [0.2, 0.25) is 5.91 Å². The molecule has 128 valence electrons. The number of nitrogens with zero attached hydrogens (tertiary/aromatic N) is 2. The van der Waals surface area contributed by atoms with Gasteiger partial charge >= 0.3 is 0 Å². The molecule has 0 saturated heterocycles. The fourth-order valence-corrected chi connectivity index (χ4v) is 3.59. The molecule has 25 heavy (non-hydrogen) atoms. The van der Waals surface area contributed by atoms with Crippen LogP contribution in [-0.4, -0.2) is 20.7 Å². The van der Waals surface area contributed by atoms with Gasteiger partial charge in [0.05, 0.1) is 16.3 Å². The molecule has 3 rings (SSSR count). The Balaban J connectivity index is 1.79. The highest BCUT2D eigenvalue weighted by molar-refractivity contribution is 8.00. The molecule has 4 nitrogen and oxygen atoms in total. The third-order valence-corrected chi connectivity index (χ3v) is 5.00. The smallest absolute Gasteiger partial charge is 0.237 e. The third kappa shape index (κ3) is 4.06. The molecule has 6 heteroatoms. The second-order valence-corrected chi connectivity index (χ2v) is 7.29. The molecule has 1 amide bonds. The van der Waals surface area contributed by atoms with Crippen molar-refractivity contribution in [1.29, 1.82) is 0 Å². The van der Waals surface area contributed by atoms with Crippen molar-refractivity contribution in [2.75, 3.05) is 5.32 Å². The quantitative estimate of drug-likeness (QED) is 0.490. The number of allylic oxidation sites excluding steroid dienone is 1. The Morgan fingerprint density at radius 3 is 2.92 bits per heavy atom. The van der Waals surface area contributed by atoms with E-state index in [2.05, 4.69) is 21.4 Å². The van der Waals surface area contributed by atoms with Gasteiger partial charge in [-0.2, -0.15) is 0 Å². The number of amides is 1. The van der Waals surface area contributed by atoms with Gasteiger partial charge in [-0.15, -0.1) is 6.58 Å². The minimum absolute atomic E-state index is 0.0931. The van der Waals surface area contributed by atoms with Crippen LogP contribution in [0.2, 0.25) is 5.02 Å². The molecule has 0 saturated carbocycles. The fourth-order valence-electron chi connectivity index (χ4n) is 2.47. The summed E-state index contributed by atoms with van der Waals surface area (Å²) in [5, 5.41) is 3.97. The lowest BCUT2D eigenvalue weighted by molar-refractivity contribution is -0.115. The molecule has 1 N–H and O–H groups in total. The number of thioether (sulfide) groups is 1. The molecule has 3 aromatic rings. The van der Waals surface area contributed by atoms with Crippen molar-refractivity contribution in [3.05, 3.63) is 66.2 Å². The topological polar surface area (TPSA) is 46.9 Å².